The van der Waals surface area contributed by atoms with E-state index < -0.39 is 23.2 Å². The summed E-state index contributed by atoms with van der Waals surface area (Å²) in [5.74, 6) is -2.75. The molecule has 1 aromatic carbocycles. The maximum atomic E-state index is 13.1. The fraction of sp³-hybridized carbons (Fsp3) is 0.300. The van der Waals surface area contributed by atoms with E-state index in [4.69, 9.17) is 0 Å². The van der Waals surface area contributed by atoms with E-state index in [0.717, 1.165) is 12.1 Å². The summed E-state index contributed by atoms with van der Waals surface area (Å²) in [6, 6.07) is 2.19. The lowest BCUT2D eigenvalue weighted by atomic mass is 10.1. The van der Waals surface area contributed by atoms with Gasteiger partial charge in [-0.1, -0.05) is 0 Å². The van der Waals surface area contributed by atoms with Gasteiger partial charge in [0.2, 0.25) is 0 Å². The van der Waals surface area contributed by atoms with E-state index in [-0.39, 0.29) is 6.61 Å². The van der Waals surface area contributed by atoms with Gasteiger partial charge in [-0.25, -0.2) is 13.6 Å². The van der Waals surface area contributed by atoms with Gasteiger partial charge >= 0.3 is 5.97 Å². The molecule has 2 nitrogen and oxygen atoms in total. The van der Waals surface area contributed by atoms with E-state index in [1.807, 2.05) is 0 Å². The summed E-state index contributed by atoms with van der Waals surface area (Å²) in [5, 5.41) is 0. The highest BCUT2D eigenvalue weighted by Crippen LogP contribution is 2.15. The maximum absolute atomic E-state index is 13.1. The molecule has 0 unspecified atom stereocenters. The first kappa shape index (κ1) is 10.6. The molecule has 0 amide bonds. The molecule has 1 aromatic rings. The van der Waals surface area contributed by atoms with Gasteiger partial charge < -0.3 is 4.74 Å². The van der Waals surface area contributed by atoms with Gasteiger partial charge in [0, 0.05) is 0 Å². The fourth-order valence-electron chi connectivity index (χ4n) is 1.10. The van der Waals surface area contributed by atoms with E-state index >= 15 is 0 Å². The Hall–Kier alpha value is -1.45. The molecule has 76 valence electrons. The van der Waals surface area contributed by atoms with Crippen molar-refractivity contribution in [3.05, 3.63) is 34.9 Å². The zero-order valence-electron chi connectivity index (χ0n) is 7.93. The molecule has 0 aliphatic heterocycles. The predicted molar refractivity (Wildman–Crippen MR) is 47.1 cm³/mol. The lowest BCUT2D eigenvalue weighted by molar-refractivity contribution is 0.0515. The molecule has 0 N–H and O–H groups in total. The second kappa shape index (κ2) is 4.17. The van der Waals surface area contributed by atoms with E-state index in [9.17, 15) is 13.6 Å². The minimum atomic E-state index is -0.970. The van der Waals surface area contributed by atoms with Crippen molar-refractivity contribution >= 4 is 5.97 Å². The smallest absolute Gasteiger partial charge is 0.344 e. The molecular formula is C10H10F2O2. The lowest BCUT2D eigenvalue weighted by Crippen LogP contribution is -2.10. The minimum absolute atomic E-state index is 0.0889. The van der Waals surface area contributed by atoms with Crippen molar-refractivity contribution in [2.24, 2.45) is 0 Å². The zero-order chi connectivity index (χ0) is 10.7. The summed E-state index contributed by atoms with van der Waals surface area (Å²) in [7, 11) is 0. The number of aryl methyl sites for hydroxylation is 1. The summed E-state index contributed by atoms with van der Waals surface area (Å²) in [5.41, 5.74) is -0.203. The lowest BCUT2D eigenvalue weighted by Gasteiger charge is -2.05. The first-order valence-electron chi connectivity index (χ1n) is 4.19. The van der Waals surface area contributed by atoms with Crippen molar-refractivity contribution in [3.8, 4) is 0 Å². The molecule has 14 heavy (non-hydrogen) atoms. The summed E-state index contributed by atoms with van der Waals surface area (Å²) in [6.45, 7) is 3.20. The van der Waals surface area contributed by atoms with Crippen LogP contribution >= 0.6 is 0 Å². The Morgan fingerprint density at radius 1 is 1.36 bits per heavy atom. The Balaban J connectivity index is 3.14. The van der Waals surface area contributed by atoms with Gasteiger partial charge in [0.25, 0.3) is 0 Å². The van der Waals surface area contributed by atoms with E-state index in [1.54, 1.807) is 13.8 Å². The summed E-state index contributed by atoms with van der Waals surface area (Å²) >= 11 is 0. The third-order valence-electron chi connectivity index (χ3n) is 1.67. The van der Waals surface area contributed by atoms with Crippen LogP contribution in [0.2, 0.25) is 0 Å². The zero-order valence-corrected chi connectivity index (χ0v) is 7.93. The summed E-state index contributed by atoms with van der Waals surface area (Å²) in [4.78, 5) is 11.1. The van der Waals surface area contributed by atoms with Crippen LogP contribution in [0.5, 0.6) is 0 Å². The van der Waals surface area contributed by atoms with Crippen LogP contribution in [0.3, 0.4) is 0 Å². The molecule has 0 bridgehead atoms. The van der Waals surface area contributed by atoms with Crippen molar-refractivity contribution in [3.63, 3.8) is 0 Å². The topological polar surface area (TPSA) is 26.3 Å². The van der Waals surface area contributed by atoms with Crippen molar-refractivity contribution in [1.29, 1.82) is 0 Å². The first-order valence-corrected chi connectivity index (χ1v) is 4.19. The van der Waals surface area contributed by atoms with Crippen molar-refractivity contribution in [2.75, 3.05) is 6.61 Å². The van der Waals surface area contributed by atoms with Crippen LogP contribution < -0.4 is 0 Å². The molecule has 0 atom stereocenters. The molecule has 0 heterocycles. The second-order valence-electron chi connectivity index (χ2n) is 2.82. The average molecular weight is 200 g/mol. The molecule has 4 heteroatoms. The van der Waals surface area contributed by atoms with Crippen molar-refractivity contribution in [1.82, 2.24) is 0 Å². The van der Waals surface area contributed by atoms with Crippen LogP contribution in [-0.2, 0) is 4.74 Å². The van der Waals surface area contributed by atoms with Crippen LogP contribution in [0.4, 0.5) is 8.78 Å². The van der Waals surface area contributed by atoms with Gasteiger partial charge in [0.15, 0.2) is 0 Å². The number of rotatable bonds is 2. The molecular weight excluding hydrogens is 190 g/mol. The molecule has 0 saturated heterocycles. The molecule has 1 rings (SSSR count). The molecule has 0 radical (unpaired) electrons. The van der Waals surface area contributed by atoms with E-state index in [0.29, 0.717) is 5.56 Å². The highest BCUT2D eigenvalue weighted by atomic mass is 19.1. The Morgan fingerprint density at radius 3 is 2.29 bits per heavy atom. The molecule has 0 aliphatic rings. The van der Waals surface area contributed by atoms with Crippen LogP contribution in [0.15, 0.2) is 12.1 Å². The van der Waals surface area contributed by atoms with Gasteiger partial charge in [-0.05, 0) is 31.5 Å². The maximum Gasteiger partial charge on any atom is 0.344 e. The monoisotopic (exact) mass is 200 g/mol. The third-order valence-corrected chi connectivity index (χ3v) is 1.67. The quantitative estimate of drug-likeness (QED) is 0.685. The first-order chi connectivity index (χ1) is 6.56. The minimum Gasteiger partial charge on any atom is -0.462 e. The number of ether oxygens (including phenoxy) is 1. The number of esters is 1. The van der Waals surface area contributed by atoms with Crippen molar-refractivity contribution in [2.45, 2.75) is 13.8 Å². The number of carbonyl (C=O) groups is 1. The Labute approximate surface area is 80.5 Å². The van der Waals surface area contributed by atoms with Gasteiger partial charge in [-0.3, -0.25) is 0 Å². The van der Waals surface area contributed by atoms with Gasteiger partial charge in [-0.15, -0.1) is 0 Å². The Kier molecular flexibility index (Phi) is 3.17. The van der Waals surface area contributed by atoms with Crippen LogP contribution in [-0.4, -0.2) is 12.6 Å². The molecule has 0 aliphatic carbocycles. The molecule has 0 spiro atoms. The number of benzene rings is 1. The predicted octanol–water partition coefficient (Wildman–Crippen LogP) is 2.45. The second-order valence-corrected chi connectivity index (χ2v) is 2.82. The molecule has 0 fully saturated rings. The average Bonchev–Trinajstić information content (AvgIpc) is 2.01. The number of halogens is 2. The summed E-state index contributed by atoms with van der Waals surface area (Å²) < 4.78 is 30.8. The summed E-state index contributed by atoms with van der Waals surface area (Å²) in [6.07, 6.45) is 0. The van der Waals surface area contributed by atoms with Gasteiger partial charge in [0.1, 0.15) is 17.2 Å². The Morgan fingerprint density at radius 2 is 1.86 bits per heavy atom. The largest absolute Gasteiger partial charge is 0.462 e. The van der Waals surface area contributed by atoms with Crippen LogP contribution in [0.1, 0.15) is 22.8 Å². The van der Waals surface area contributed by atoms with Crippen molar-refractivity contribution < 1.29 is 18.3 Å². The van der Waals surface area contributed by atoms with Crippen LogP contribution in [0, 0.1) is 18.6 Å². The van der Waals surface area contributed by atoms with Gasteiger partial charge in [-0.2, -0.15) is 0 Å². The normalized spacial score (nSPS) is 10.0. The standard InChI is InChI=1S/C10H10F2O2/c1-3-14-10(13)9-7(11)4-6(2)5-8(9)12/h4-5H,3H2,1-2H3. The number of carbonyl (C=O) groups excluding carboxylic acids is 1. The Bertz CT molecular complexity index is 338. The van der Waals surface area contributed by atoms with E-state index in [2.05, 4.69) is 4.74 Å². The number of hydrogen-bond donors (Lipinski definition) is 0. The van der Waals surface area contributed by atoms with E-state index in [1.165, 1.54) is 0 Å². The number of hydrogen-bond acceptors (Lipinski definition) is 2. The highest BCUT2D eigenvalue weighted by Gasteiger charge is 2.18. The van der Waals surface area contributed by atoms with Crippen LogP contribution in [0.25, 0.3) is 0 Å². The highest BCUT2D eigenvalue weighted by molar-refractivity contribution is 5.90. The SMILES string of the molecule is CCOC(=O)c1c(F)cc(C)cc1F. The fourth-order valence-corrected chi connectivity index (χ4v) is 1.10. The third kappa shape index (κ3) is 2.07. The molecule has 0 saturated carbocycles. The molecule has 0 aromatic heterocycles. The van der Waals surface area contributed by atoms with Gasteiger partial charge in [0.05, 0.1) is 6.61 Å².